The second-order valence-electron chi connectivity index (χ2n) is 17.9. The zero-order valence-corrected chi connectivity index (χ0v) is 32.4. The lowest BCUT2D eigenvalue weighted by atomic mass is 9.81. The Labute approximate surface area is 327 Å². The smallest absolute Gasteiger partial charge is 0.0542 e. The average molecular weight is 714 g/mol. The topological polar surface area (TPSA) is 3.24 Å². The fourth-order valence-electron chi connectivity index (χ4n) is 11.8. The molecule has 272 valence electrons. The van der Waals surface area contributed by atoms with Crippen molar-refractivity contribution in [3.63, 3.8) is 0 Å². The van der Waals surface area contributed by atoms with Gasteiger partial charge in [-0.25, -0.2) is 0 Å². The summed E-state index contributed by atoms with van der Waals surface area (Å²) in [4.78, 5) is 2.63. The third-order valence-electron chi connectivity index (χ3n) is 14.5. The van der Waals surface area contributed by atoms with Crippen LogP contribution in [0.15, 0.2) is 140 Å². The van der Waals surface area contributed by atoms with Crippen molar-refractivity contribution < 1.29 is 0 Å². The van der Waals surface area contributed by atoms with Gasteiger partial charge in [0.15, 0.2) is 0 Å². The molecule has 0 heterocycles. The van der Waals surface area contributed by atoms with Crippen LogP contribution in [0.2, 0.25) is 0 Å². The molecule has 55 heavy (non-hydrogen) atoms. The summed E-state index contributed by atoms with van der Waals surface area (Å²) in [5, 5.41) is 5.35. The zero-order chi connectivity index (χ0) is 36.7. The molecule has 7 aromatic carbocycles. The first-order chi connectivity index (χ1) is 27.0. The Kier molecular flexibility index (Phi) is 7.84. The van der Waals surface area contributed by atoms with Gasteiger partial charge in [0.2, 0.25) is 0 Å². The SMILES string of the molecule is CC1(C)c2ccccc2-c2c(-c3cccc4ccccc34)cc(N(c3ccc(C4CC5CCC4C5)cc3)c3cccc4cccc(C5CCCCC5)c34)cc21. The van der Waals surface area contributed by atoms with E-state index >= 15 is 0 Å². The molecule has 1 heteroatoms. The van der Waals surface area contributed by atoms with Crippen molar-refractivity contribution in [2.45, 2.75) is 88.9 Å². The molecule has 4 aliphatic carbocycles. The van der Waals surface area contributed by atoms with Crippen LogP contribution in [0, 0.1) is 11.8 Å². The van der Waals surface area contributed by atoms with Gasteiger partial charge in [0.1, 0.15) is 0 Å². The summed E-state index contributed by atoms with van der Waals surface area (Å²) in [5.41, 5.74) is 14.9. The van der Waals surface area contributed by atoms with E-state index in [1.807, 2.05) is 0 Å². The van der Waals surface area contributed by atoms with Gasteiger partial charge in [-0.1, -0.05) is 149 Å². The normalized spacial score (nSPS) is 21.2. The maximum atomic E-state index is 2.63. The van der Waals surface area contributed by atoms with E-state index in [0.717, 1.165) is 11.8 Å². The number of fused-ring (bicyclic) bond motifs is 7. The number of hydrogen-bond donors (Lipinski definition) is 0. The van der Waals surface area contributed by atoms with Gasteiger partial charge in [-0.05, 0) is 147 Å². The maximum absolute atomic E-state index is 2.63. The second-order valence-corrected chi connectivity index (χ2v) is 17.9. The van der Waals surface area contributed by atoms with Gasteiger partial charge < -0.3 is 4.90 Å². The van der Waals surface area contributed by atoms with E-state index in [2.05, 4.69) is 158 Å². The Bertz CT molecular complexity index is 2570. The minimum Gasteiger partial charge on any atom is -0.310 e. The lowest BCUT2D eigenvalue weighted by Gasteiger charge is -2.32. The molecule has 0 amide bonds. The summed E-state index contributed by atoms with van der Waals surface area (Å²) in [6.07, 6.45) is 12.2. The first-order valence-electron chi connectivity index (χ1n) is 21.2. The highest BCUT2D eigenvalue weighted by molar-refractivity contribution is 6.06. The van der Waals surface area contributed by atoms with Gasteiger partial charge in [0, 0.05) is 22.2 Å². The lowest BCUT2D eigenvalue weighted by molar-refractivity contribution is 0.420. The highest BCUT2D eigenvalue weighted by Crippen LogP contribution is 2.56. The van der Waals surface area contributed by atoms with Crippen LogP contribution in [-0.4, -0.2) is 0 Å². The molecule has 0 aliphatic heterocycles. The number of rotatable bonds is 6. The molecular formula is C54H51N. The van der Waals surface area contributed by atoms with Gasteiger partial charge in [0.05, 0.1) is 5.69 Å². The fourth-order valence-corrected chi connectivity index (χ4v) is 11.8. The van der Waals surface area contributed by atoms with E-state index in [9.17, 15) is 0 Å². The highest BCUT2D eigenvalue weighted by atomic mass is 15.1. The molecule has 3 fully saturated rings. The van der Waals surface area contributed by atoms with Crippen LogP contribution >= 0.6 is 0 Å². The molecule has 0 radical (unpaired) electrons. The van der Waals surface area contributed by atoms with Crippen LogP contribution in [0.1, 0.15) is 106 Å². The van der Waals surface area contributed by atoms with Crippen LogP contribution in [0.5, 0.6) is 0 Å². The quantitative estimate of drug-likeness (QED) is 0.166. The van der Waals surface area contributed by atoms with Gasteiger partial charge >= 0.3 is 0 Å². The van der Waals surface area contributed by atoms with Crippen LogP contribution in [0.25, 0.3) is 43.8 Å². The molecule has 7 aromatic rings. The molecular weight excluding hydrogens is 663 g/mol. The molecule has 0 N–H and O–H groups in total. The van der Waals surface area contributed by atoms with Crippen LogP contribution in [0.3, 0.4) is 0 Å². The van der Waals surface area contributed by atoms with E-state index < -0.39 is 0 Å². The minimum absolute atomic E-state index is 0.148. The summed E-state index contributed by atoms with van der Waals surface area (Å²) in [5.74, 6) is 3.12. The van der Waals surface area contributed by atoms with Crippen LogP contribution in [-0.2, 0) is 5.41 Å². The van der Waals surface area contributed by atoms with E-state index in [-0.39, 0.29) is 5.41 Å². The van der Waals surface area contributed by atoms with E-state index in [0.29, 0.717) is 11.8 Å². The van der Waals surface area contributed by atoms with Crippen molar-refractivity contribution in [1.29, 1.82) is 0 Å². The molecule has 11 rings (SSSR count). The summed E-state index contributed by atoms with van der Waals surface area (Å²) >= 11 is 0. The van der Waals surface area contributed by atoms with E-state index in [4.69, 9.17) is 0 Å². The standard InChI is InChI=1S/C54H51N/c1-54(2)49-23-9-8-20-46(49)53-48(45-22-10-16-36-15-6-7-19-43(36)45)33-42(34-50(53)54)55(41-29-27-38(28-30-41)47-32-35-25-26-40(47)31-35)51-24-12-18-39-17-11-21-44(52(39)51)37-13-4-3-5-14-37/h6-12,15-24,27-30,33-35,37,40,47H,3-5,13-14,25-26,31-32H2,1-2H3. The second kappa shape index (κ2) is 13.0. The summed E-state index contributed by atoms with van der Waals surface area (Å²) < 4.78 is 0. The van der Waals surface area contributed by atoms with E-state index in [1.54, 1.807) is 5.56 Å². The molecule has 3 saturated carbocycles. The monoisotopic (exact) mass is 713 g/mol. The predicted octanol–water partition coefficient (Wildman–Crippen LogP) is 15.4. The minimum atomic E-state index is -0.148. The summed E-state index contributed by atoms with van der Waals surface area (Å²) in [7, 11) is 0. The average Bonchev–Trinajstić information content (AvgIpc) is 3.94. The number of anilines is 3. The molecule has 0 aromatic heterocycles. The third kappa shape index (κ3) is 5.33. The first kappa shape index (κ1) is 33.2. The van der Waals surface area contributed by atoms with Crippen molar-refractivity contribution in [3.8, 4) is 22.3 Å². The van der Waals surface area contributed by atoms with Crippen LogP contribution in [0.4, 0.5) is 17.1 Å². The Morgan fingerprint density at radius 2 is 1.27 bits per heavy atom. The van der Waals surface area contributed by atoms with Crippen molar-refractivity contribution in [3.05, 3.63) is 162 Å². The zero-order valence-electron chi connectivity index (χ0n) is 32.4. The van der Waals surface area contributed by atoms with Gasteiger partial charge in [-0.15, -0.1) is 0 Å². The molecule has 2 bridgehead atoms. The fraction of sp³-hybridized carbons (Fsp3) is 0.296. The van der Waals surface area contributed by atoms with E-state index in [1.165, 1.54) is 135 Å². The molecule has 3 unspecified atom stereocenters. The summed E-state index contributed by atoms with van der Waals surface area (Å²) in [6, 6.07) is 54.0. The number of nitrogens with zero attached hydrogens (tertiary/aromatic N) is 1. The van der Waals surface area contributed by atoms with Crippen molar-refractivity contribution >= 4 is 38.6 Å². The van der Waals surface area contributed by atoms with Gasteiger partial charge in [0.25, 0.3) is 0 Å². The molecule has 1 nitrogen and oxygen atoms in total. The Morgan fingerprint density at radius 3 is 2.09 bits per heavy atom. The van der Waals surface area contributed by atoms with Crippen molar-refractivity contribution in [2.24, 2.45) is 11.8 Å². The van der Waals surface area contributed by atoms with Gasteiger partial charge in [-0.3, -0.25) is 0 Å². The molecule has 0 saturated heterocycles. The Hall–Kier alpha value is -5.14. The third-order valence-corrected chi connectivity index (χ3v) is 14.5. The van der Waals surface area contributed by atoms with Crippen molar-refractivity contribution in [2.75, 3.05) is 4.90 Å². The molecule has 0 spiro atoms. The molecule has 3 atom stereocenters. The first-order valence-corrected chi connectivity index (χ1v) is 21.2. The predicted molar refractivity (Wildman–Crippen MR) is 233 cm³/mol. The number of benzene rings is 7. The Morgan fingerprint density at radius 1 is 0.545 bits per heavy atom. The van der Waals surface area contributed by atoms with Gasteiger partial charge in [-0.2, -0.15) is 0 Å². The summed E-state index contributed by atoms with van der Waals surface area (Å²) in [6.45, 7) is 4.86. The molecule has 4 aliphatic rings. The number of hydrogen-bond acceptors (Lipinski definition) is 1. The van der Waals surface area contributed by atoms with Crippen molar-refractivity contribution in [1.82, 2.24) is 0 Å². The maximum Gasteiger partial charge on any atom is 0.0542 e. The van der Waals surface area contributed by atoms with Crippen LogP contribution < -0.4 is 4.90 Å². The lowest BCUT2D eigenvalue weighted by Crippen LogP contribution is -2.17. The largest absolute Gasteiger partial charge is 0.310 e. The highest BCUT2D eigenvalue weighted by Gasteiger charge is 2.41. The Balaban J connectivity index is 1.18.